The Morgan fingerprint density at radius 2 is 2.11 bits per heavy atom. The number of hydrogen-bond donors (Lipinski definition) is 1. The summed E-state index contributed by atoms with van der Waals surface area (Å²) in [6.07, 6.45) is -2.71. The fourth-order valence-electron chi connectivity index (χ4n) is 1.44. The van der Waals surface area contributed by atoms with Crippen LogP contribution in [0.3, 0.4) is 0 Å². The molecule has 1 rings (SSSR count). The highest BCUT2D eigenvalue weighted by molar-refractivity contribution is 7.88. The van der Waals surface area contributed by atoms with Crippen LogP contribution in [0.4, 0.5) is 8.78 Å². The first-order chi connectivity index (χ1) is 8.72. The van der Waals surface area contributed by atoms with Crippen molar-refractivity contribution in [3.8, 4) is 0 Å². The molecule has 0 radical (unpaired) electrons. The number of nitrogens with zero attached hydrogens (tertiary/aromatic N) is 1. The SMILES string of the molecule is CN(CC(F)F)S(=O)(=O)Cc1cccc(C(N)=S)c1. The lowest BCUT2D eigenvalue weighted by Crippen LogP contribution is -2.32. The van der Waals surface area contributed by atoms with Crippen LogP contribution >= 0.6 is 12.2 Å². The van der Waals surface area contributed by atoms with E-state index in [2.05, 4.69) is 0 Å². The molecule has 106 valence electrons. The number of sulfonamides is 1. The fraction of sp³-hybridized carbons (Fsp3) is 0.364. The van der Waals surface area contributed by atoms with Gasteiger partial charge in [-0.05, 0) is 11.6 Å². The van der Waals surface area contributed by atoms with Gasteiger partial charge in [-0.2, -0.15) is 4.31 Å². The average Bonchev–Trinajstić information content (AvgIpc) is 2.27. The molecule has 4 nitrogen and oxygen atoms in total. The molecule has 0 aliphatic rings. The topological polar surface area (TPSA) is 63.4 Å². The first-order valence-corrected chi connectivity index (χ1v) is 7.35. The maximum absolute atomic E-state index is 12.2. The van der Waals surface area contributed by atoms with Crippen LogP contribution in [0.5, 0.6) is 0 Å². The van der Waals surface area contributed by atoms with Crippen molar-refractivity contribution in [3.05, 3.63) is 35.4 Å². The Bertz CT molecular complexity index is 562. The Morgan fingerprint density at radius 1 is 1.47 bits per heavy atom. The van der Waals surface area contributed by atoms with Gasteiger partial charge in [-0.15, -0.1) is 0 Å². The zero-order valence-corrected chi connectivity index (χ0v) is 11.8. The van der Waals surface area contributed by atoms with Gasteiger partial charge in [-0.1, -0.05) is 30.4 Å². The fourth-order valence-corrected chi connectivity index (χ4v) is 2.73. The van der Waals surface area contributed by atoms with Crippen molar-refractivity contribution in [2.45, 2.75) is 12.2 Å². The summed E-state index contributed by atoms with van der Waals surface area (Å²) in [6, 6.07) is 6.39. The van der Waals surface area contributed by atoms with Crippen LogP contribution in [-0.2, 0) is 15.8 Å². The van der Waals surface area contributed by atoms with E-state index in [1.54, 1.807) is 18.2 Å². The third kappa shape index (κ3) is 4.81. The predicted molar refractivity (Wildman–Crippen MR) is 73.6 cm³/mol. The predicted octanol–water partition coefficient (Wildman–Crippen LogP) is 1.35. The van der Waals surface area contributed by atoms with E-state index < -0.39 is 23.0 Å². The minimum Gasteiger partial charge on any atom is -0.389 e. The van der Waals surface area contributed by atoms with Gasteiger partial charge in [0.05, 0.1) is 12.3 Å². The third-order valence-electron chi connectivity index (χ3n) is 2.43. The summed E-state index contributed by atoms with van der Waals surface area (Å²) >= 11 is 4.79. The second-order valence-electron chi connectivity index (χ2n) is 3.99. The molecular formula is C11H14F2N2O2S2. The lowest BCUT2D eigenvalue weighted by Gasteiger charge is -2.16. The molecular weight excluding hydrogens is 294 g/mol. The highest BCUT2D eigenvalue weighted by Crippen LogP contribution is 2.13. The number of thiocarbonyl (C=S) groups is 1. The van der Waals surface area contributed by atoms with E-state index in [9.17, 15) is 17.2 Å². The van der Waals surface area contributed by atoms with Crippen molar-refractivity contribution < 1.29 is 17.2 Å². The van der Waals surface area contributed by atoms with Crippen molar-refractivity contribution in [2.75, 3.05) is 13.6 Å². The van der Waals surface area contributed by atoms with E-state index in [1.807, 2.05) is 0 Å². The molecule has 1 aromatic rings. The van der Waals surface area contributed by atoms with E-state index in [0.717, 1.165) is 7.05 Å². The van der Waals surface area contributed by atoms with Crippen LogP contribution in [0.15, 0.2) is 24.3 Å². The molecule has 0 saturated heterocycles. The van der Waals surface area contributed by atoms with Crippen LogP contribution in [0.25, 0.3) is 0 Å². The lowest BCUT2D eigenvalue weighted by atomic mass is 10.1. The summed E-state index contributed by atoms with van der Waals surface area (Å²) in [5, 5.41) is 0. The summed E-state index contributed by atoms with van der Waals surface area (Å²) < 4.78 is 48.7. The molecule has 1 aromatic carbocycles. The molecule has 0 amide bonds. The summed E-state index contributed by atoms with van der Waals surface area (Å²) in [5.41, 5.74) is 6.44. The first kappa shape index (κ1) is 15.9. The molecule has 0 saturated carbocycles. The second-order valence-corrected chi connectivity index (χ2v) is 6.51. The number of benzene rings is 1. The number of nitrogens with two attached hydrogens (primary N) is 1. The molecule has 0 aliphatic heterocycles. The normalized spacial score (nSPS) is 12.1. The van der Waals surface area contributed by atoms with Gasteiger partial charge in [0.1, 0.15) is 4.99 Å². The van der Waals surface area contributed by atoms with Crippen LogP contribution in [-0.4, -0.2) is 37.7 Å². The van der Waals surface area contributed by atoms with Crippen molar-refractivity contribution in [1.82, 2.24) is 4.31 Å². The van der Waals surface area contributed by atoms with Gasteiger partial charge in [0.25, 0.3) is 6.43 Å². The molecule has 19 heavy (non-hydrogen) atoms. The summed E-state index contributed by atoms with van der Waals surface area (Å²) in [7, 11) is -2.66. The molecule has 0 atom stereocenters. The Kier molecular flexibility index (Phi) is 5.33. The zero-order valence-electron chi connectivity index (χ0n) is 10.2. The molecule has 0 unspecified atom stereocenters. The van der Waals surface area contributed by atoms with Gasteiger partial charge in [0.15, 0.2) is 0 Å². The van der Waals surface area contributed by atoms with Crippen LogP contribution in [0.2, 0.25) is 0 Å². The van der Waals surface area contributed by atoms with Crippen molar-refractivity contribution in [2.24, 2.45) is 5.73 Å². The van der Waals surface area contributed by atoms with E-state index in [-0.39, 0.29) is 10.7 Å². The summed E-state index contributed by atoms with van der Waals surface area (Å²) in [5.74, 6) is -0.368. The van der Waals surface area contributed by atoms with Crippen molar-refractivity contribution in [1.29, 1.82) is 0 Å². The molecule has 0 aromatic heterocycles. The Labute approximate surface area is 116 Å². The quantitative estimate of drug-likeness (QED) is 0.806. The van der Waals surface area contributed by atoms with Gasteiger partial charge in [0, 0.05) is 12.6 Å². The Balaban J connectivity index is 2.89. The Hall–Kier alpha value is -1.12. The third-order valence-corrected chi connectivity index (χ3v) is 4.46. The lowest BCUT2D eigenvalue weighted by molar-refractivity contribution is 0.126. The average molecular weight is 308 g/mol. The smallest absolute Gasteiger partial charge is 0.252 e. The molecule has 2 N–H and O–H groups in total. The maximum atomic E-state index is 12.2. The standard InChI is InChI=1S/C11H14F2N2O2S2/c1-15(6-10(12)13)19(16,17)7-8-3-2-4-9(5-8)11(14)18/h2-5,10H,6-7H2,1H3,(H2,14,18). The van der Waals surface area contributed by atoms with Gasteiger partial charge in [0.2, 0.25) is 10.0 Å². The minimum absolute atomic E-state index is 0.153. The summed E-state index contributed by atoms with van der Waals surface area (Å²) in [4.78, 5) is 0.153. The van der Waals surface area contributed by atoms with Gasteiger partial charge >= 0.3 is 0 Å². The molecule has 0 heterocycles. The van der Waals surface area contributed by atoms with E-state index >= 15 is 0 Å². The number of halogens is 2. The monoisotopic (exact) mass is 308 g/mol. The highest BCUT2D eigenvalue weighted by atomic mass is 32.2. The first-order valence-electron chi connectivity index (χ1n) is 5.33. The molecule has 0 spiro atoms. The van der Waals surface area contributed by atoms with Crippen molar-refractivity contribution in [3.63, 3.8) is 0 Å². The number of hydrogen-bond acceptors (Lipinski definition) is 3. The molecule has 8 heteroatoms. The van der Waals surface area contributed by atoms with Crippen molar-refractivity contribution >= 4 is 27.2 Å². The van der Waals surface area contributed by atoms with Gasteiger partial charge in [-0.3, -0.25) is 0 Å². The maximum Gasteiger partial charge on any atom is 0.252 e. The van der Waals surface area contributed by atoms with Gasteiger partial charge < -0.3 is 5.73 Å². The van der Waals surface area contributed by atoms with E-state index in [4.69, 9.17) is 18.0 Å². The zero-order chi connectivity index (χ0) is 14.6. The number of alkyl halides is 2. The van der Waals surface area contributed by atoms with Gasteiger partial charge in [-0.25, -0.2) is 17.2 Å². The van der Waals surface area contributed by atoms with Crippen LogP contribution in [0, 0.1) is 0 Å². The second kappa shape index (κ2) is 6.36. The van der Waals surface area contributed by atoms with Crippen LogP contribution in [0.1, 0.15) is 11.1 Å². The largest absolute Gasteiger partial charge is 0.389 e. The van der Waals surface area contributed by atoms with E-state index in [1.165, 1.54) is 6.07 Å². The molecule has 0 bridgehead atoms. The Morgan fingerprint density at radius 3 is 2.63 bits per heavy atom. The van der Waals surface area contributed by atoms with Crippen LogP contribution < -0.4 is 5.73 Å². The summed E-state index contributed by atoms with van der Waals surface area (Å²) in [6.45, 7) is -0.822. The molecule has 0 fully saturated rings. The minimum atomic E-state index is -3.78. The number of rotatable bonds is 6. The highest BCUT2D eigenvalue weighted by Gasteiger charge is 2.21. The molecule has 0 aliphatic carbocycles. The van der Waals surface area contributed by atoms with E-state index in [0.29, 0.717) is 15.4 Å².